The summed E-state index contributed by atoms with van der Waals surface area (Å²) in [5, 5.41) is 6.13. The van der Waals surface area contributed by atoms with E-state index in [-0.39, 0.29) is 24.9 Å². The normalized spacial score (nSPS) is 15.7. The number of rotatable bonds is 4. The van der Waals surface area contributed by atoms with Crippen LogP contribution >= 0.6 is 23.2 Å². The monoisotopic (exact) mass is 393 g/mol. The Morgan fingerprint density at radius 3 is 2.69 bits per heavy atom. The largest absolute Gasteiger partial charge is 0.477 e. The smallest absolute Gasteiger partial charge is 0.262 e. The molecule has 0 radical (unpaired) electrons. The lowest BCUT2D eigenvalue weighted by molar-refractivity contribution is -0.127. The Morgan fingerprint density at radius 1 is 1.19 bits per heavy atom. The molecule has 2 N–H and O–H groups in total. The zero-order chi connectivity index (χ0) is 18.7. The first-order valence-corrected chi connectivity index (χ1v) is 8.70. The van der Waals surface area contributed by atoms with Gasteiger partial charge in [-0.15, -0.1) is 0 Å². The minimum absolute atomic E-state index is 0.0636. The van der Waals surface area contributed by atoms with Gasteiger partial charge in [-0.05, 0) is 30.3 Å². The van der Waals surface area contributed by atoms with E-state index in [9.17, 15) is 9.59 Å². The van der Waals surface area contributed by atoms with Crippen molar-refractivity contribution in [1.82, 2.24) is 5.32 Å². The number of benzene rings is 2. The van der Waals surface area contributed by atoms with Crippen molar-refractivity contribution in [3.8, 4) is 5.75 Å². The molecule has 26 heavy (non-hydrogen) atoms. The maximum Gasteiger partial charge on any atom is 0.262 e. The molecule has 1 aliphatic rings. The Kier molecular flexibility index (Phi) is 5.54. The van der Waals surface area contributed by atoms with Crippen LogP contribution in [0.3, 0.4) is 0 Å². The minimum atomic E-state index is -0.687. The molecule has 8 heteroatoms. The van der Waals surface area contributed by atoms with Crippen molar-refractivity contribution < 1.29 is 14.3 Å². The van der Waals surface area contributed by atoms with Crippen LogP contribution in [0.5, 0.6) is 5.75 Å². The summed E-state index contributed by atoms with van der Waals surface area (Å²) in [4.78, 5) is 26.3. The van der Waals surface area contributed by atoms with Crippen LogP contribution < -0.4 is 20.3 Å². The number of nitrogens with one attached hydrogen (secondary N) is 2. The van der Waals surface area contributed by atoms with Gasteiger partial charge in [0.05, 0.1) is 28.8 Å². The highest BCUT2D eigenvalue weighted by atomic mass is 35.5. The lowest BCUT2D eigenvalue weighted by Gasteiger charge is -2.35. The van der Waals surface area contributed by atoms with Crippen LogP contribution in [0.15, 0.2) is 42.5 Å². The molecule has 1 heterocycles. The van der Waals surface area contributed by atoms with Crippen molar-refractivity contribution in [2.45, 2.75) is 6.10 Å². The van der Waals surface area contributed by atoms with E-state index in [1.54, 1.807) is 31.3 Å². The van der Waals surface area contributed by atoms with E-state index < -0.39 is 6.10 Å². The van der Waals surface area contributed by atoms with Gasteiger partial charge < -0.3 is 20.3 Å². The van der Waals surface area contributed by atoms with E-state index in [1.165, 1.54) is 0 Å². The summed E-state index contributed by atoms with van der Waals surface area (Å²) < 4.78 is 5.73. The number of carbonyl (C=O) groups is 2. The Balaban J connectivity index is 1.75. The van der Waals surface area contributed by atoms with Gasteiger partial charge in [0.15, 0.2) is 6.10 Å². The predicted octanol–water partition coefficient (Wildman–Crippen LogP) is 2.95. The van der Waals surface area contributed by atoms with Gasteiger partial charge in [0.25, 0.3) is 5.91 Å². The van der Waals surface area contributed by atoms with Gasteiger partial charge in [-0.1, -0.05) is 35.3 Å². The molecule has 0 bridgehead atoms. The van der Waals surface area contributed by atoms with Crippen molar-refractivity contribution >= 4 is 46.4 Å². The van der Waals surface area contributed by atoms with Crippen LogP contribution in [-0.2, 0) is 9.59 Å². The highest BCUT2D eigenvalue weighted by molar-refractivity contribution is 6.42. The summed E-state index contributed by atoms with van der Waals surface area (Å²) in [7, 11) is 1.55. The number of fused-ring (bicyclic) bond motifs is 1. The van der Waals surface area contributed by atoms with Crippen LogP contribution in [0.2, 0.25) is 10.0 Å². The highest BCUT2D eigenvalue weighted by Gasteiger charge is 2.30. The zero-order valence-electron chi connectivity index (χ0n) is 14.0. The predicted molar refractivity (Wildman–Crippen MR) is 102 cm³/mol. The molecule has 0 fully saturated rings. The average molecular weight is 394 g/mol. The second-order valence-corrected chi connectivity index (χ2v) is 6.56. The molecule has 2 amide bonds. The fourth-order valence-electron chi connectivity index (χ4n) is 2.70. The van der Waals surface area contributed by atoms with Crippen LogP contribution in [0, 0.1) is 0 Å². The molecule has 3 rings (SSSR count). The number of amides is 2. The van der Waals surface area contributed by atoms with E-state index >= 15 is 0 Å². The average Bonchev–Trinajstić information content (AvgIpc) is 2.64. The van der Waals surface area contributed by atoms with Crippen molar-refractivity contribution in [2.75, 3.05) is 30.4 Å². The van der Waals surface area contributed by atoms with Gasteiger partial charge >= 0.3 is 0 Å². The van der Waals surface area contributed by atoms with Gasteiger partial charge in [0, 0.05) is 12.7 Å². The van der Waals surface area contributed by atoms with E-state index in [0.717, 1.165) is 5.69 Å². The van der Waals surface area contributed by atoms with Crippen molar-refractivity contribution in [3.63, 3.8) is 0 Å². The van der Waals surface area contributed by atoms with E-state index in [0.29, 0.717) is 21.5 Å². The van der Waals surface area contributed by atoms with Gasteiger partial charge in [-0.25, -0.2) is 0 Å². The van der Waals surface area contributed by atoms with E-state index in [4.69, 9.17) is 27.9 Å². The third kappa shape index (κ3) is 4.03. The molecule has 0 aromatic heterocycles. The first-order valence-electron chi connectivity index (χ1n) is 7.95. The molecule has 0 aliphatic carbocycles. The number of likely N-dealkylation sites (N-methyl/N-ethyl adjacent to an activating group) is 1. The number of nitrogens with zero attached hydrogens (tertiary/aromatic N) is 1. The van der Waals surface area contributed by atoms with Crippen LogP contribution in [0.1, 0.15) is 0 Å². The molecule has 0 saturated heterocycles. The van der Waals surface area contributed by atoms with Crippen molar-refractivity contribution in [3.05, 3.63) is 52.5 Å². The number of anilines is 2. The maximum absolute atomic E-state index is 12.5. The summed E-state index contributed by atoms with van der Waals surface area (Å²) in [6.45, 7) is 0.333. The Labute approximate surface area is 161 Å². The molecule has 1 aliphatic heterocycles. The fourth-order valence-corrected chi connectivity index (χ4v) is 3.00. The first-order chi connectivity index (χ1) is 12.5. The topological polar surface area (TPSA) is 70.7 Å². The number of carbonyl (C=O) groups excluding carboxylic acids is 2. The van der Waals surface area contributed by atoms with E-state index in [1.807, 2.05) is 23.1 Å². The number of hydrogen-bond donors (Lipinski definition) is 2. The molecule has 0 spiro atoms. The Morgan fingerprint density at radius 2 is 1.96 bits per heavy atom. The number of para-hydroxylation sites is 2. The summed E-state index contributed by atoms with van der Waals surface area (Å²) in [6.07, 6.45) is -0.687. The fraction of sp³-hybridized carbons (Fsp3) is 0.222. The van der Waals surface area contributed by atoms with Crippen molar-refractivity contribution in [1.29, 1.82) is 0 Å². The van der Waals surface area contributed by atoms with Crippen LogP contribution in [0.25, 0.3) is 0 Å². The van der Waals surface area contributed by atoms with Gasteiger partial charge in [-0.2, -0.15) is 0 Å². The van der Waals surface area contributed by atoms with Gasteiger partial charge in [0.2, 0.25) is 5.91 Å². The first kappa shape index (κ1) is 18.4. The maximum atomic E-state index is 12.5. The number of halogens is 2. The standard InChI is InChI=1S/C18H17Cl2N3O3/c1-21-18(25)16-9-23(14-4-2-3-5-15(14)26-16)10-17(24)22-11-6-7-12(19)13(20)8-11/h2-8,16H,9-10H2,1H3,(H,21,25)(H,22,24)/t16-/m1/s1. The Hall–Kier alpha value is -2.44. The van der Waals surface area contributed by atoms with Gasteiger partial charge in [-0.3, -0.25) is 9.59 Å². The third-order valence-electron chi connectivity index (χ3n) is 3.94. The number of hydrogen-bond acceptors (Lipinski definition) is 4. The lowest BCUT2D eigenvalue weighted by Crippen LogP contribution is -2.50. The summed E-state index contributed by atoms with van der Waals surface area (Å²) in [5.41, 5.74) is 1.31. The summed E-state index contributed by atoms with van der Waals surface area (Å²) in [6, 6.07) is 12.2. The molecule has 2 aromatic rings. The quantitative estimate of drug-likeness (QED) is 0.837. The molecular weight excluding hydrogens is 377 g/mol. The Bertz CT molecular complexity index is 844. The molecular formula is C18H17Cl2N3O3. The van der Waals surface area contributed by atoms with Gasteiger partial charge in [0.1, 0.15) is 5.75 Å². The van der Waals surface area contributed by atoms with E-state index in [2.05, 4.69) is 10.6 Å². The SMILES string of the molecule is CNC(=O)[C@H]1CN(CC(=O)Nc2ccc(Cl)c(Cl)c2)c2ccccc2O1. The van der Waals surface area contributed by atoms with Crippen LogP contribution in [0.4, 0.5) is 11.4 Å². The van der Waals surface area contributed by atoms with Crippen molar-refractivity contribution in [2.24, 2.45) is 0 Å². The molecule has 0 unspecified atom stereocenters. The summed E-state index contributed by atoms with van der Waals surface area (Å²) in [5.74, 6) is 0.0832. The molecule has 6 nitrogen and oxygen atoms in total. The summed E-state index contributed by atoms with van der Waals surface area (Å²) >= 11 is 11.9. The lowest BCUT2D eigenvalue weighted by atomic mass is 10.1. The molecule has 0 saturated carbocycles. The molecule has 2 aromatic carbocycles. The molecule has 136 valence electrons. The highest BCUT2D eigenvalue weighted by Crippen LogP contribution is 2.33. The third-order valence-corrected chi connectivity index (χ3v) is 4.68. The second-order valence-electron chi connectivity index (χ2n) is 5.75. The van der Waals surface area contributed by atoms with Crippen LogP contribution in [-0.4, -0.2) is 38.1 Å². The molecule has 1 atom stereocenters. The minimum Gasteiger partial charge on any atom is -0.477 e. The second kappa shape index (κ2) is 7.85. The number of ether oxygens (including phenoxy) is 1. The zero-order valence-corrected chi connectivity index (χ0v) is 15.5.